The van der Waals surface area contributed by atoms with Gasteiger partial charge in [-0.3, -0.25) is 0 Å². The summed E-state index contributed by atoms with van der Waals surface area (Å²) < 4.78 is 0. The Bertz CT molecular complexity index is 245. The van der Waals surface area contributed by atoms with E-state index in [0.717, 1.165) is 25.2 Å². The quantitative estimate of drug-likeness (QED) is 0.371. The molecule has 0 aliphatic heterocycles. The molecular formula is C18H38O4. The van der Waals surface area contributed by atoms with E-state index in [0.29, 0.717) is 12.8 Å². The molecule has 4 atom stereocenters. The monoisotopic (exact) mass is 318 g/mol. The molecule has 4 N–H and O–H groups in total. The van der Waals surface area contributed by atoms with Crippen LogP contribution < -0.4 is 0 Å². The first kappa shape index (κ1) is 21.8. The summed E-state index contributed by atoms with van der Waals surface area (Å²) in [7, 11) is 0. The summed E-state index contributed by atoms with van der Waals surface area (Å²) in [6.07, 6.45) is 5.29. The minimum absolute atomic E-state index is 0.0384. The van der Waals surface area contributed by atoms with Gasteiger partial charge in [-0.2, -0.15) is 0 Å². The minimum Gasteiger partial charge on any atom is -0.390 e. The molecule has 4 unspecified atom stereocenters. The van der Waals surface area contributed by atoms with Crippen LogP contribution in [0.1, 0.15) is 85.0 Å². The molecule has 0 amide bonds. The van der Waals surface area contributed by atoms with Gasteiger partial charge in [0, 0.05) is 6.42 Å². The van der Waals surface area contributed by atoms with E-state index in [9.17, 15) is 20.4 Å². The number of aliphatic hydroxyl groups excluding tert-OH is 4. The van der Waals surface area contributed by atoms with E-state index < -0.39 is 24.4 Å². The van der Waals surface area contributed by atoms with Gasteiger partial charge in [-0.05, 0) is 18.8 Å². The molecule has 0 radical (unpaired) electrons. The third-order valence-corrected chi connectivity index (χ3v) is 4.24. The summed E-state index contributed by atoms with van der Waals surface area (Å²) in [5.41, 5.74) is 0. The molecule has 4 nitrogen and oxygen atoms in total. The number of hydrogen-bond donors (Lipinski definition) is 4. The van der Waals surface area contributed by atoms with Crippen LogP contribution in [-0.4, -0.2) is 44.8 Å². The fourth-order valence-electron chi connectivity index (χ4n) is 2.68. The van der Waals surface area contributed by atoms with Crippen LogP contribution in [0, 0.1) is 5.92 Å². The van der Waals surface area contributed by atoms with Gasteiger partial charge >= 0.3 is 0 Å². The standard InChI is InChI=1S/C18H38O4/c1-4-10-15(19)17(21)13-18(22)16(20)12-9-7-5-6-8-11-14(2)3/h14-22H,4-13H2,1-3H3. The highest BCUT2D eigenvalue weighted by molar-refractivity contribution is 4.75. The molecule has 0 fully saturated rings. The van der Waals surface area contributed by atoms with Crippen molar-refractivity contribution in [1.29, 1.82) is 0 Å². The van der Waals surface area contributed by atoms with Crippen molar-refractivity contribution in [1.82, 2.24) is 0 Å². The van der Waals surface area contributed by atoms with Crippen molar-refractivity contribution in [2.75, 3.05) is 0 Å². The highest BCUT2D eigenvalue weighted by atomic mass is 16.3. The van der Waals surface area contributed by atoms with Gasteiger partial charge in [0.15, 0.2) is 0 Å². The van der Waals surface area contributed by atoms with Crippen LogP contribution in [0.15, 0.2) is 0 Å². The Balaban J connectivity index is 3.67. The molecular weight excluding hydrogens is 280 g/mol. The maximum Gasteiger partial charge on any atom is 0.0824 e. The Hall–Kier alpha value is -0.160. The Morgan fingerprint density at radius 3 is 1.55 bits per heavy atom. The predicted molar refractivity (Wildman–Crippen MR) is 90.7 cm³/mol. The smallest absolute Gasteiger partial charge is 0.0824 e. The summed E-state index contributed by atoms with van der Waals surface area (Å²) in [4.78, 5) is 0. The fourth-order valence-corrected chi connectivity index (χ4v) is 2.68. The molecule has 0 saturated heterocycles. The van der Waals surface area contributed by atoms with Crippen molar-refractivity contribution < 1.29 is 20.4 Å². The van der Waals surface area contributed by atoms with E-state index in [2.05, 4.69) is 13.8 Å². The molecule has 0 aliphatic carbocycles. The van der Waals surface area contributed by atoms with E-state index in [1.165, 1.54) is 25.7 Å². The lowest BCUT2D eigenvalue weighted by atomic mass is 9.97. The molecule has 0 aliphatic rings. The Morgan fingerprint density at radius 2 is 1.05 bits per heavy atom. The highest BCUT2D eigenvalue weighted by Crippen LogP contribution is 2.16. The molecule has 0 saturated carbocycles. The first-order valence-electron chi connectivity index (χ1n) is 9.10. The van der Waals surface area contributed by atoms with Gasteiger partial charge in [0.1, 0.15) is 0 Å². The molecule has 0 bridgehead atoms. The van der Waals surface area contributed by atoms with Gasteiger partial charge in [-0.25, -0.2) is 0 Å². The summed E-state index contributed by atoms with van der Waals surface area (Å²) in [6.45, 7) is 6.41. The van der Waals surface area contributed by atoms with Crippen LogP contribution in [0.25, 0.3) is 0 Å². The zero-order valence-corrected chi connectivity index (χ0v) is 14.7. The van der Waals surface area contributed by atoms with E-state index in [1.807, 2.05) is 6.92 Å². The highest BCUT2D eigenvalue weighted by Gasteiger charge is 2.23. The molecule has 134 valence electrons. The molecule has 0 spiro atoms. The van der Waals surface area contributed by atoms with Crippen LogP contribution in [0.4, 0.5) is 0 Å². The van der Waals surface area contributed by atoms with Gasteiger partial charge in [0.25, 0.3) is 0 Å². The molecule has 0 aromatic heterocycles. The third-order valence-electron chi connectivity index (χ3n) is 4.24. The fraction of sp³-hybridized carbons (Fsp3) is 1.00. The average molecular weight is 318 g/mol. The van der Waals surface area contributed by atoms with Crippen LogP contribution in [0.3, 0.4) is 0 Å². The maximum atomic E-state index is 9.91. The van der Waals surface area contributed by atoms with E-state index in [4.69, 9.17) is 0 Å². The zero-order valence-electron chi connectivity index (χ0n) is 14.7. The average Bonchev–Trinajstić information content (AvgIpc) is 2.45. The van der Waals surface area contributed by atoms with Crippen molar-refractivity contribution in [3.63, 3.8) is 0 Å². The third kappa shape index (κ3) is 11.4. The normalized spacial score (nSPS) is 17.5. The molecule has 0 rings (SSSR count). The van der Waals surface area contributed by atoms with Crippen LogP contribution in [0.5, 0.6) is 0 Å². The van der Waals surface area contributed by atoms with Gasteiger partial charge in [0.05, 0.1) is 24.4 Å². The number of hydrogen-bond acceptors (Lipinski definition) is 4. The van der Waals surface area contributed by atoms with Gasteiger partial charge in [0.2, 0.25) is 0 Å². The molecule has 22 heavy (non-hydrogen) atoms. The Labute approximate surface area is 136 Å². The van der Waals surface area contributed by atoms with Crippen LogP contribution in [-0.2, 0) is 0 Å². The van der Waals surface area contributed by atoms with Crippen molar-refractivity contribution in [2.24, 2.45) is 5.92 Å². The summed E-state index contributed by atoms with van der Waals surface area (Å²) in [6, 6.07) is 0. The first-order chi connectivity index (χ1) is 10.4. The second-order valence-corrected chi connectivity index (χ2v) is 7.03. The van der Waals surface area contributed by atoms with Crippen LogP contribution in [0.2, 0.25) is 0 Å². The number of aliphatic hydroxyl groups is 4. The molecule has 0 aromatic carbocycles. The first-order valence-corrected chi connectivity index (χ1v) is 9.10. The largest absolute Gasteiger partial charge is 0.390 e. The van der Waals surface area contributed by atoms with E-state index in [1.54, 1.807) is 0 Å². The lowest BCUT2D eigenvalue weighted by Crippen LogP contribution is -2.35. The zero-order chi connectivity index (χ0) is 17.0. The topological polar surface area (TPSA) is 80.9 Å². The SMILES string of the molecule is CCCC(O)C(O)CC(O)C(O)CCCCCCCC(C)C. The molecule has 0 aromatic rings. The van der Waals surface area contributed by atoms with Crippen molar-refractivity contribution in [3.8, 4) is 0 Å². The predicted octanol–water partition coefficient (Wildman–Crippen LogP) is 3.01. The Morgan fingerprint density at radius 1 is 0.591 bits per heavy atom. The summed E-state index contributed by atoms with van der Waals surface area (Å²) >= 11 is 0. The van der Waals surface area contributed by atoms with E-state index in [-0.39, 0.29) is 6.42 Å². The lowest BCUT2D eigenvalue weighted by molar-refractivity contribution is -0.0518. The second-order valence-electron chi connectivity index (χ2n) is 7.03. The molecule has 4 heteroatoms. The summed E-state index contributed by atoms with van der Waals surface area (Å²) in [5, 5.41) is 39.2. The molecule has 0 heterocycles. The van der Waals surface area contributed by atoms with Crippen molar-refractivity contribution in [3.05, 3.63) is 0 Å². The van der Waals surface area contributed by atoms with Crippen molar-refractivity contribution >= 4 is 0 Å². The Kier molecular flexibility index (Phi) is 13.2. The van der Waals surface area contributed by atoms with Gasteiger partial charge in [-0.1, -0.05) is 65.7 Å². The van der Waals surface area contributed by atoms with E-state index >= 15 is 0 Å². The summed E-state index contributed by atoms with van der Waals surface area (Å²) in [5.74, 6) is 0.770. The maximum absolute atomic E-state index is 9.91. The lowest BCUT2D eigenvalue weighted by Gasteiger charge is -2.23. The van der Waals surface area contributed by atoms with Gasteiger partial charge < -0.3 is 20.4 Å². The number of unbranched alkanes of at least 4 members (excludes halogenated alkanes) is 4. The second kappa shape index (κ2) is 13.3. The van der Waals surface area contributed by atoms with Crippen molar-refractivity contribution in [2.45, 2.75) is 109 Å². The number of rotatable bonds is 14. The van der Waals surface area contributed by atoms with Gasteiger partial charge in [-0.15, -0.1) is 0 Å². The minimum atomic E-state index is -0.958. The van der Waals surface area contributed by atoms with Crippen LogP contribution >= 0.6 is 0 Å².